The Hall–Kier alpha value is -1.80. The first-order valence-electron chi connectivity index (χ1n) is 5.59. The molecular formula is C11H13BrN6O. The smallest absolute Gasteiger partial charge is 0.247 e. The Morgan fingerprint density at radius 3 is 3.00 bits per heavy atom. The van der Waals surface area contributed by atoms with Crippen molar-refractivity contribution in [2.75, 3.05) is 5.32 Å². The molecule has 7 nitrogen and oxygen atoms in total. The normalized spacial score (nSPS) is 10.5. The Kier molecular flexibility index (Phi) is 4.23. The van der Waals surface area contributed by atoms with Gasteiger partial charge in [0.1, 0.15) is 12.4 Å². The van der Waals surface area contributed by atoms with E-state index in [2.05, 4.69) is 36.5 Å². The molecule has 0 bridgehead atoms. The first-order chi connectivity index (χ1) is 9.08. The topological polar surface area (TPSA) is 98.7 Å². The second kappa shape index (κ2) is 5.89. The minimum Gasteiger partial charge on any atom is -0.325 e. The van der Waals surface area contributed by atoms with E-state index in [0.717, 1.165) is 10.0 Å². The molecule has 100 valence electrons. The van der Waals surface area contributed by atoms with Gasteiger partial charge in [-0.25, -0.2) is 9.67 Å². The molecule has 2 heterocycles. The van der Waals surface area contributed by atoms with Gasteiger partial charge in [-0.15, -0.1) is 5.10 Å². The Labute approximate surface area is 118 Å². The van der Waals surface area contributed by atoms with E-state index in [-0.39, 0.29) is 12.5 Å². The minimum atomic E-state index is -0.220. The van der Waals surface area contributed by atoms with Gasteiger partial charge in [0.2, 0.25) is 5.91 Å². The summed E-state index contributed by atoms with van der Waals surface area (Å²) in [5, 5.41) is 10.3. The molecule has 1 amide bonds. The largest absolute Gasteiger partial charge is 0.325 e. The lowest BCUT2D eigenvalue weighted by atomic mass is 10.3. The fourth-order valence-electron chi connectivity index (χ4n) is 1.45. The maximum Gasteiger partial charge on any atom is 0.247 e. The van der Waals surface area contributed by atoms with Gasteiger partial charge in [0.05, 0.1) is 11.9 Å². The molecule has 0 saturated carbocycles. The van der Waals surface area contributed by atoms with Gasteiger partial charge >= 0.3 is 0 Å². The number of anilines is 1. The van der Waals surface area contributed by atoms with Crippen LogP contribution in [-0.2, 0) is 17.9 Å². The lowest BCUT2D eigenvalue weighted by Gasteiger charge is -2.05. The summed E-state index contributed by atoms with van der Waals surface area (Å²) in [6.07, 6.45) is 3.28. The van der Waals surface area contributed by atoms with E-state index in [1.807, 2.05) is 6.92 Å². The van der Waals surface area contributed by atoms with Crippen molar-refractivity contribution in [1.29, 1.82) is 0 Å². The maximum atomic E-state index is 11.8. The predicted octanol–water partition coefficient (Wildman–Crippen LogP) is 0.841. The quantitative estimate of drug-likeness (QED) is 0.868. The van der Waals surface area contributed by atoms with E-state index in [4.69, 9.17) is 5.73 Å². The molecule has 0 unspecified atom stereocenters. The van der Waals surface area contributed by atoms with Gasteiger partial charge in [0.15, 0.2) is 0 Å². The monoisotopic (exact) mass is 324 g/mol. The van der Waals surface area contributed by atoms with Crippen LogP contribution in [0.5, 0.6) is 0 Å². The van der Waals surface area contributed by atoms with Crippen LogP contribution in [0.25, 0.3) is 0 Å². The van der Waals surface area contributed by atoms with Crippen molar-refractivity contribution in [3.05, 3.63) is 34.2 Å². The summed E-state index contributed by atoms with van der Waals surface area (Å²) >= 11 is 3.35. The molecule has 0 aliphatic carbocycles. The summed E-state index contributed by atoms with van der Waals surface area (Å²) in [5.41, 5.74) is 7.06. The number of halogens is 1. The Bertz CT molecular complexity index is 597. The highest BCUT2D eigenvalue weighted by Gasteiger charge is 2.07. The van der Waals surface area contributed by atoms with Crippen LogP contribution in [-0.4, -0.2) is 25.9 Å². The van der Waals surface area contributed by atoms with Crippen molar-refractivity contribution >= 4 is 27.7 Å². The van der Waals surface area contributed by atoms with Crippen molar-refractivity contribution in [1.82, 2.24) is 20.0 Å². The third-order valence-electron chi connectivity index (χ3n) is 2.42. The van der Waals surface area contributed by atoms with Gasteiger partial charge < -0.3 is 11.1 Å². The zero-order chi connectivity index (χ0) is 13.8. The van der Waals surface area contributed by atoms with Gasteiger partial charge in [-0.1, -0.05) is 5.21 Å². The molecule has 0 aliphatic heterocycles. The zero-order valence-electron chi connectivity index (χ0n) is 10.3. The Balaban J connectivity index is 1.98. The van der Waals surface area contributed by atoms with Crippen molar-refractivity contribution in [3.63, 3.8) is 0 Å². The number of aryl methyl sites for hydroxylation is 1. The third-order valence-corrected chi connectivity index (χ3v) is 3.25. The molecule has 8 heteroatoms. The van der Waals surface area contributed by atoms with Crippen LogP contribution in [0.1, 0.15) is 11.3 Å². The number of carbonyl (C=O) groups is 1. The SMILES string of the molecule is Cc1cc(NC(=O)Cn2cc(CN)nn2)ncc1Br. The zero-order valence-corrected chi connectivity index (χ0v) is 11.9. The van der Waals surface area contributed by atoms with Crippen LogP contribution in [0.2, 0.25) is 0 Å². The Morgan fingerprint density at radius 2 is 2.37 bits per heavy atom. The third kappa shape index (κ3) is 3.58. The number of amides is 1. The fourth-order valence-corrected chi connectivity index (χ4v) is 1.66. The second-order valence-electron chi connectivity index (χ2n) is 3.98. The highest BCUT2D eigenvalue weighted by atomic mass is 79.9. The molecule has 3 N–H and O–H groups in total. The van der Waals surface area contributed by atoms with Crippen LogP contribution in [0.15, 0.2) is 22.9 Å². The van der Waals surface area contributed by atoms with E-state index in [0.29, 0.717) is 18.1 Å². The number of carbonyl (C=O) groups excluding carboxylic acids is 1. The van der Waals surface area contributed by atoms with E-state index in [1.54, 1.807) is 18.5 Å². The number of nitrogens with two attached hydrogens (primary N) is 1. The standard InChI is InChI=1S/C11H13BrN6O/c1-7-2-10(14-4-9(7)12)15-11(19)6-18-5-8(3-13)16-17-18/h2,4-5H,3,6,13H2,1H3,(H,14,15,19). The van der Waals surface area contributed by atoms with Crippen LogP contribution < -0.4 is 11.1 Å². The average molecular weight is 325 g/mol. The summed E-state index contributed by atoms with van der Waals surface area (Å²) in [4.78, 5) is 15.9. The van der Waals surface area contributed by atoms with Crippen LogP contribution in [0, 0.1) is 6.92 Å². The highest BCUT2D eigenvalue weighted by Crippen LogP contribution is 2.17. The lowest BCUT2D eigenvalue weighted by molar-refractivity contribution is -0.116. The number of hydrogen-bond donors (Lipinski definition) is 2. The van der Waals surface area contributed by atoms with E-state index in [1.165, 1.54) is 4.68 Å². The molecule has 0 radical (unpaired) electrons. The minimum absolute atomic E-state index is 0.0732. The molecular weight excluding hydrogens is 312 g/mol. The molecule has 0 fully saturated rings. The molecule has 19 heavy (non-hydrogen) atoms. The molecule has 0 spiro atoms. The number of pyridine rings is 1. The number of rotatable bonds is 4. The van der Waals surface area contributed by atoms with Crippen molar-refractivity contribution in [2.24, 2.45) is 5.73 Å². The number of aromatic nitrogens is 4. The summed E-state index contributed by atoms with van der Waals surface area (Å²) < 4.78 is 2.33. The van der Waals surface area contributed by atoms with Crippen molar-refractivity contribution in [3.8, 4) is 0 Å². The first kappa shape index (κ1) is 13.6. The highest BCUT2D eigenvalue weighted by molar-refractivity contribution is 9.10. The predicted molar refractivity (Wildman–Crippen MR) is 73.2 cm³/mol. The summed E-state index contributed by atoms with van der Waals surface area (Å²) in [6, 6.07) is 1.79. The van der Waals surface area contributed by atoms with Crippen molar-refractivity contribution < 1.29 is 4.79 Å². The molecule has 2 aromatic heterocycles. The summed E-state index contributed by atoms with van der Waals surface area (Å²) in [5.74, 6) is 0.285. The lowest BCUT2D eigenvalue weighted by Crippen LogP contribution is -2.19. The van der Waals surface area contributed by atoms with Crippen LogP contribution >= 0.6 is 15.9 Å². The molecule has 0 atom stereocenters. The van der Waals surface area contributed by atoms with Crippen LogP contribution in [0.4, 0.5) is 5.82 Å². The van der Waals surface area contributed by atoms with Crippen LogP contribution in [0.3, 0.4) is 0 Å². The van der Waals surface area contributed by atoms with Gasteiger partial charge in [-0.2, -0.15) is 0 Å². The van der Waals surface area contributed by atoms with Crippen molar-refractivity contribution in [2.45, 2.75) is 20.0 Å². The van der Waals surface area contributed by atoms with Gasteiger partial charge in [-0.05, 0) is 34.5 Å². The number of hydrogen-bond acceptors (Lipinski definition) is 5. The van der Waals surface area contributed by atoms with Gasteiger partial charge in [0, 0.05) is 17.2 Å². The van der Waals surface area contributed by atoms with Gasteiger partial charge in [0.25, 0.3) is 0 Å². The molecule has 0 saturated heterocycles. The molecule has 2 rings (SSSR count). The van der Waals surface area contributed by atoms with E-state index >= 15 is 0 Å². The molecule has 2 aromatic rings. The fraction of sp³-hybridized carbons (Fsp3) is 0.273. The number of nitrogens with zero attached hydrogens (tertiary/aromatic N) is 4. The maximum absolute atomic E-state index is 11.8. The number of nitrogens with one attached hydrogen (secondary N) is 1. The first-order valence-corrected chi connectivity index (χ1v) is 6.39. The molecule has 0 aliphatic rings. The van der Waals surface area contributed by atoms with E-state index in [9.17, 15) is 4.79 Å². The second-order valence-corrected chi connectivity index (χ2v) is 4.83. The van der Waals surface area contributed by atoms with Gasteiger partial charge in [-0.3, -0.25) is 4.79 Å². The van der Waals surface area contributed by atoms with E-state index < -0.39 is 0 Å². The average Bonchev–Trinajstić information content (AvgIpc) is 2.81. The molecule has 0 aromatic carbocycles. The summed E-state index contributed by atoms with van der Waals surface area (Å²) in [6.45, 7) is 2.30. The Morgan fingerprint density at radius 1 is 1.58 bits per heavy atom. The summed E-state index contributed by atoms with van der Waals surface area (Å²) in [7, 11) is 0.